The minimum absolute atomic E-state index is 0.00555. The smallest absolute Gasteiger partial charge is 0.187 e. The molecule has 26 atom stereocenters. The molecule has 27 nitrogen and oxygen atoms in total. The van der Waals surface area contributed by atoms with E-state index in [0.717, 1.165) is 5.56 Å². The molecule has 7 aliphatic heterocycles. The van der Waals surface area contributed by atoms with E-state index in [1.54, 1.807) is 21.3 Å². The van der Waals surface area contributed by atoms with Gasteiger partial charge in [0, 0.05) is 95.8 Å². The quantitative estimate of drug-likeness (QED) is 0.0752. The van der Waals surface area contributed by atoms with E-state index >= 15 is 0 Å². The highest BCUT2D eigenvalue weighted by molar-refractivity contribution is 5.17. The van der Waals surface area contributed by atoms with Gasteiger partial charge in [-0.3, -0.25) is 0 Å². The molecule has 7 saturated heterocycles. The highest BCUT2D eigenvalue weighted by atomic mass is 16.8. The topological polar surface area (TPSA) is 270 Å². The SMILES string of the molecule is COCC1O[C@@H](O[C@H]2C(OC)C(OC)[C@@H](O[C@H]3C(OC)C(OC)[C@@H](O[C@H]4C5CO[C@@H](O5)C(N=[N+]=[N-])[C@@H]4OC)O[C@@H]3COC)O[C@@H]2COC)C(OC)[C@@H](OC)[C@H]1O[C@@H]1OC2COC(c3ccccc3)O[C@@H]2[C@H](OC)C1OC. The Hall–Kier alpha value is -2.43. The maximum absolute atomic E-state index is 9.36. The van der Waals surface area contributed by atoms with Gasteiger partial charge in [-0.25, -0.2) is 0 Å². The third-order valence-corrected chi connectivity index (χ3v) is 15.0. The number of azide groups is 1. The van der Waals surface area contributed by atoms with Crippen LogP contribution in [-0.2, 0) is 114 Å². The van der Waals surface area contributed by atoms with Crippen molar-refractivity contribution in [3.8, 4) is 0 Å². The molecule has 432 valence electrons. The number of rotatable bonds is 25. The summed E-state index contributed by atoms with van der Waals surface area (Å²) in [5.74, 6) is 0. The van der Waals surface area contributed by atoms with Gasteiger partial charge in [-0.2, -0.15) is 0 Å². The molecular formula is C49H77N3O24. The number of benzene rings is 1. The van der Waals surface area contributed by atoms with Gasteiger partial charge in [-0.05, 0) is 5.53 Å². The average molecular weight is 1090 g/mol. The first-order valence-electron chi connectivity index (χ1n) is 25.2. The summed E-state index contributed by atoms with van der Waals surface area (Å²) in [6.07, 6.45) is -21.1. The second-order valence-corrected chi connectivity index (χ2v) is 19.0. The van der Waals surface area contributed by atoms with Crippen LogP contribution < -0.4 is 0 Å². The Bertz CT molecular complexity index is 1940. The first-order valence-corrected chi connectivity index (χ1v) is 25.2. The fourth-order valence-corrected chi connectivity index (χ4v) is 11.4. The van der Waals surface area contributed by atoms with Crippen LogP contribution in [0.5, 0.6) is 0 Å². The van der Waals surface area contributed by atoms with Crippen LogP contribution in [0.25, 0.3) is 10.4 Å². The lowest BCUT2D eigenvalue weighted by molar-refractivity contribution is -0.403. The largest absolute Gasteiger partial charge is 0.382 e. The van der Waals surface area contributed by atoms with Crippen molar-refractivity contribution in [1.29, 1.82) is 0 Å². The number of methoxy groups -OCH3 is 12. The van der Waals surface area contributed by atoms with Gasteiger partial charge in [0.15, 0.2) is 37.7 Å². The summed E-state index contributed by atoms with van der Waals surface area (Å²) in [7, 11) is 18.3. The predicted molar refractivity (Wildman–Crippen MR) is 254 cm³/mol. The lowest BCUT2D eigenvalue weighted by Crippen LogP contribution is -2.69. The monoisotopic (exact) mass is 1090 g/mol. The number of nitrogens with zero attached hydrogens (tertiary/aromatic N) is 3. The van der Waals surface area contributed by atoms with Crippen molar-refractivity contribution in [3.05, 3.63) is 46.3 Å². The van der Waals surface area contributed by atoms with E-state index in [1.807, 2.05) is 30.3 Å². The van der Waals surface area contributed by atoms with Gasteiger partial charge in [-0.1, -0.05) is 35.4 Å². The average Bonchev–Trinajstić information content (AvgIpc) is 3.89. The van der Waals surface area contributed by atoms with Crippen LogP contribution in [0.2, 0.25) is 0 Å². The van der Waals surface area contributed by atoms with Gasteiger partial charge in [0.1, 0.15) is 116 Å². The summed E-state index contributed by atoms with van der Waals surface area (Å²) in [5, 5.41) is 3.90. The second-order valence-electron chi connectivity index (χ2n) is 19.0. The first kappa shape index (κ1) is 59.7. The van der Waals surface area contributed by atoms with Crippen molar-refractivity contribution in [3.63, 3.8) is 0 Å². The summed E-state index contributed by atoms with van der Waals surface area (Å²) in [6, 6.07) is 8.80. The Kier molecular flexibility index (Phi) is 22.2. The number of hydrogen-bond donors (Lipinski definition) is 0. The van der Waals surface area contributed by atoms with E-state index in [1.165, 1.54) is 64.0 Å². The molecular weight excluding hydrogens is 1010 g/mol. The Morgan fingerprint density at radius 1 is 0.434 bits per heavy atom. The molecule has 11 unspecified atom stereocenters. The van der Waals surface area contributed by atoms with E-state index in [-0.39, 0.29) is 33.0 Å². The molecule has 0 spiro atoms. The zero-order valence-electron chi connectivity index (χ0n) is 45.1. The van der Waals surface area contributed by atoms with Gasteiger partial charge in [0.2, 0.25) is 0 Å². The molecule has 7 fully saturated rings. The molecule has 0 N–H and O–H groups in total. The summed E-state index contributed by atoms with van der Waals surface area (Å²) in [6.45, 7) is 0.429. The first-order chi connectivity index (χ1) is 37.1. The molecule has 8 rings (SSSR count). The van der Waals surface area contributed by atoms with Crippen LogP contribution >= 0.6 is 0 Å². The lowest BCUT2D eigenvalue weighted by Gasteiger charge is -2.52. The zero-order chi connectivity index (χ0) is 54.0. The fraction of sp³-hybridized carbons (Fsp3) is 0.878. The van der Waals surface area contributed by atoms with Crippen LogP contribution in [0.4, 0.5) is 0 Å². The molecule has 1 aromatic carbocycles. The van der Waals surface area contributed by atoms with Crippen molar-refractivity contribution in [2.45, 2.75) is 160 Å². The van der Waals surface area contributed by atoms with Gasteiger partial charge >= 0.3 is 0 Å². The van der Waals surface area contributed by atoms with Gasteiger partial charge in [-0.15, -0.1) is 0 Å². The van der Waals surface area contributed by atoms with E-state index < -0.39 is 160 Å². The predicted octanol–water partition coefficient (Wildman–Crippen LogP) is 1.05. The number of fused-ring (bicyclic) bond motifs is 3. The molecule has 0 aromatic heterocycles. The molecule has 0 aliphatic carbocycles. The Morgan fingerprint density at radius 3 is 1.26 bits per heavy atom. The van der Waals surface area contributed by atoms with E-state index in [0.29, 0.717) is 0 Å². The number of ether oxygens (including phenoxy) is 24. The maximum Gasteiger partial charge on any atom is 0.187 e. The molecule has 27 heteroatoms. The third kappa shape index (κ3) is 12.4. The minimum Gasteiger partial charge on any atom is -0.382 e. The number of hydrogen-bond acceptors (Lipinski definition) is 25. The molecule has 0 radical (unpaired) electrons. The normalized spacial score (nSPS) is 44.5. The molecule has 7 heterocycles. The van der Waals surface area contributed by atoms with E-state index in [9.17, 15) is 5.53 Å². The molecule has 2 bridgehead atoms. The Morgan fingerprint density at radius 2 is 0.842 bits per heavy atom. The molecule has 0 saturated carbocycles. The van der Waals surface area contributed by atoms with Crippen LogP contribution in [-0.4, -0.2) is 272 Å². The van der Waals surface area contributed by atoms with Crippen LogP contribution in [0.3, 0.4) is 0 Å². The Balaban J connectivity index is 0.993. The van der Waals surface area contributed by atoms with E-state index in [2.05, 4.69) is 10.0 Å². The van der Waals surface area contributed by atoms with Crippen molar-refractivity contribution >= 4 is 0 Å². The molecule has 7 aliphatic rings. The minimum atomic E-state index is -1.16. The van der Waals surface area contributed by atoms with Gasteiger partial charge < -0.3 is 114 Å². The third-order valence-electron chi connectivity index (χ3n) is 15.0. The maximum atomic E-state index is 9.36. The summed E-state index contributed by atoms with van der Waals surface area (Å²) < 4.78 is 150. The molecule has 1 aromatic rings. The van der Waals surface area contributed by atoms with Gasteiger partial charge in [0.25, 0.3) is 0 Å². The standard InChI is InChI=1S/C49H77N3O24/c1-53-18-24-31(36(57-5)40(61-9)46(68-24)73-30-27-22-66-45(67-27)29(51-52-50)35(30)56-4)74-47-41(62-10)37(58-6)32(25(69-47)19-54-2)75-48-42(63-11)38(59-7)33(26(70-48)20-55-3)76-49-43(64-12)39(60-8)34-28(71-49)21-65-44(72-34)23-16-14-13-15-17-23/h13-17,24-49H,18-22H2,1-12H3/t24-,25-,26?,27?,28?,29?,30+,31-,32-,33+,34+,35+,36?,37?,38+,39+,40?,41?,42?,43?,44?,45+,46-,47-,48+,49+/m1/s1. The van der Waals surface area contributed by atoms with Gasteiger partial charge in [0.05, 0.1) is 39.1 Å². The second kappa shape index (κ2) is 28.3. The van der Waals surface area contributed by atoms with Crippen molar-refractivity contribution < 1.29 is 114 Å². The zero-order valence-corrected chi connectivity index (χ0v) is 45.1. The fourth-order valence-electron chi connectivity index (χ4n) is 11.4. The summed E-state index contributed by atoms with van der Waals surface area (Å²) in [4.78, 5) is 2.99. The lowest BCUT2D eigenvalue weighted by atomic mass is 9.94. The molecule has 76 heavy (non-hydrogen) atoms. The summed E-state index contributed by atoms with van der Waals surface area (Å²) >= 11 is 0. The van der Waals surface area contributed by atoms with Crippen LogP contribution in [0.1, 0.15) is 11.9 Å². The van der Waals surface area contributed by atoms with Crippen LogP contribution in [0, 0.1) is 0 Å². The summed E-state index contributed by atoms with van der Waals surface area (Å²) in [5.41, 5.74) is 10.2. The highest BCUT2D eigenvalue weighted by Gasteiger charge is 2.60. The van der Waals surface area contributed by atoms with Crippen molar-refractivity contribution in [2.24, 2.45) is 5.11 Å². The van der Waals surface area contributed by atoms with Crippen LogP contribution in [0.15, 0.2) is 35.4 Å². The highest BCUT2D eigenvalue weighted by Crippen LogP contribution is 2.42. The van der Waals surface area contributed by atoms with E-state index in [4.69, 9.17) is 114 Å². The van der Waals surface area contributed by atoms with Crippen molar-refractivity contribution in [2.75, 3.05) is 118 Å². The molecule has 0 amide bonds. The Labute approximate surface area is 442 Å². The van der Waals surface area contributed by atoms with Crippen molar-refractivity contribution in [1.82, 2.24) is 0 Å².